The molecule has 24 heavy (non-hydrogen) atoms. The first-order valence-electron chi connectivity index (χ1n) is 8.94. The van der Waals surface area contributed by atoms with Crippen LogP contribution in [-0.4, -0.2) is 35.1 Å². The number of piperidine rings is 1. The molecule has 128 valence electrons. The molecule has 4 heteroatoms. The second-order valence-electron chi connectivity index (χ2n) is 6.69. The Balaban J connectivity index is 1.67. The zero-order valence-corrected chi connectivity index (χ0v) is 14.7. The zero-order valence-electron chi connectivity index (χ0n) is 14.7. The monoisotopic (exact) mass is 324 g/mol. The molecule has 1 aromatic heterocycles. The molecule has 1 aliphatic heterocycles. The normalized spacial score (nSPS) is 21.6. The van der Waals surface area contributed by atoms with Crippen molar-refractivity contribution in [3.8, 4) is 0 Å². The average Bonchev–Trinajstić information content (AvgIpc) is 2.60. The van der Waals surface area contributed by atoms with Gasteiger partial charge in [-0.25, -0.2) is 4.98 Å². The highest BCUT2D eigenvalue weighted by molar-refractivity contribution is 5.62. The van der Waals surface area contributed by atoms with Crippen LogP contribution in [0.2, 0.25) is 0 Å². The smallest absolute Gasteiger partial charge is 0.151 e. The van der Waals surface area contributed by atoms with E-state index in [1.54, 1.807) is 0 Å². The highest BCUT2D eigenvalue weighted by atomic mass is 15.2. The molecule has 1 aromatic carbocycles. The van der Waals surface area contributed by atoms with Crippen LogP contribution in [-0.2, 0) is 6.54 Å². The molecule has 2 unspecified atom stereocenters. The first kappa shape index (κ1) is 16.8. The van der Waals surface area contributed by atoms with Crippen molar-refractivity contribution in [1.29, 1.82) is 0 Å². The molecule has 4 nitrogen and oxygen atoms in total. The summed E-state index contributed by atoms with van der Waals surface area (Å²) in [5.74, 6) is 0.939. The number of nitrogens with two attached hydrogens (primary N) is 1. The molecule has 0 saturated carbocycles. The number of benzene rings is 1. The van der Waals surface area contributed by atoms with E-state index in [0.717, 1.165) is 44.0 Å². The van der Waals surface area contributed by atoms with E-state index in [-0.39, 0.29) is 0 Å². The minimum Gasteiger partial charge on any atom is -0.396 e. The van der Waals surface area contributed by atoms with Crippen LogP contribution in [0.25, 0.3) is 0 Å². The Labute approximate surface area is 145 Å². The first-order valence-corrected chi connectivity index (χ1v) is 8.94. The summed E-state index contributed by atoms with van der Waals surface area (Å²) in [4.78, 5) is 9.49. The molecule has 2 aromatic rings. The van der Waals surface area contributed by atoms with Crippen LogP contribution < -0.4 is 10.6 Å². The first-order chi connectivity index (χ1) is 11.7. The Morgan fingerprint density at radius 3 is 2.67 bits per heavy atom. The Morgan fingerprint density at radius 1 is 1.21 bits per heavy atom. The SMILES string of the molecule is CCN(c1ncccc1N)C1CCN(Cc2ccccc2)C(C)C1. The van der Waals surface area contributed by atoms with Gasteiger partial charge in [-0.3, -0.25) is 4.90 Å². The zero-order chi connectivity index (χ0) is 16.9. The topological polar surface area (TPSA) is 45.4 Å². The maximum atomic E-state index is 6.15. The summed E-state index contributed by atoms with van der Waals surface area (Å²) >= 11 is 0. The molecule has 0 aliphatic carbocycles. The second kappa shape index (κ2) is 7.67. The Morgan fingerprint density at radius 2 is 2.00 bits per heavy atom. The third-order valence-corrected chi connectivity index (χ3v) is 5.08. The lowest BCUT2D eigenvalue weighted by atomic mass is 9.96. The standard InChI is InChI=1S/C20H28N4/c1-3-24(20-19(21)10-7-12-22-20)18-11-13-23(16(2)14-18)15-17-8-5-4-6-9-17/h4-10,12,16,18H,3,11,13-15,21H2,1-2H3. The van der Waals surface area contributed by atoms with Gasteiger partial charge in [0, 0.05) is 37.9 Å². The number of nitrogen functional groups attached to an aromatic ring is 1. The number of hydrogen-bond donors (Lipinski definition) is 1. The molecular weight excluding hydrogens is 296 g/mol. The van der Waals surface area contributed by atoms with Crippen LogP contribution in [0.1, 0.15) is 32.3 Å². The minimum atomic E-state index is 0.509. The Bertz CT molecular complexity index is 643. The summed E-state index contributed by atoms with van der Waals surface area (Å²) in [6.07, 6.45) is 4.14. The van der Waals surface area contributed by atoms with Crippen LogP contribution >= 0.6 is 0 Å². The summed E-state index contributed by atoms with van der Waals surface area (Å²) in [5.41, 5.74) is 8.32. The van der Waals surface area contributed by atoms with Gasteiger partial charge in [-0.2, -0.15) is 0 Å². The summed E-state index contributed by atoms with van der Waals surface area (Å²) in [7, 11) is 0. The van der Waals surface area contributed by atoms with Gasteiger partial charge in [0.25, 0.3) is 0 Å². The molecule has 0 radical (unpaired) electrons. The minimum absolute atomic E-state index is 0.509. The van der Waals surface area contributed by atoms with Crippen molar-refractivity contribution >= 4 is 11.5 Å². The summed E-state index contributed by atoms with van der Waals surface area (Å²) in [6, 6.07) is 15.7. The molecule has 1 fully saturated rings. The number of aromatic nitrogens is 1. The molecule has 2 N–H and O–H groups in total. The van der Waals surface area contributed by atoms with E-state index in [9.17, 15) is 0 Å². The third kappa shape index (κ3) is 3.70. The van der Waals surface area contributed by atoms with Crippen LogP contribution in [0.5, 0.6) is 0 Å². The summed E-state index contributed by atoms with van der Waals surface area (Å²) < 4.78 is 0. The number of likely N-dealkylation sites (tertiary alicyclic amines) is 1. The predicted octanol–water partition coefficient (Wildman–Crippen LogP) is 3.54. The fourth-order valence-electron chi connectivity index (χ4n) is 3.76. The number of pyridine rings is 1. The van der Waals surface area contributed by atoms with E-state index in [1.165, 1.54) is 5.56 Å². The lowest BCUT2D eigenvalue weighted by Crippen LogP contribution is -2.49. The largest absolute Gasteiger partial charge is 0.396 e. The van der Waals surface area contributed by atoms with E-state index >= 15 is 0 Å². The molecule has 1 aliphatic rings. The van der Waals surface area contributed by atoms with E-state index in [0.29, 0.717) is 12.1 Å². The lowest BCUT2D eigenvalue weighted by Gasteiger charge is -2.42. The van der Waals surface area contributed by atoms with Crippen LogP contribution in [0.3, 0.4) is 0 Å². The summed E-state index contributed by atoms with van der Waals surface area (Å²) in [5, 5.41) is 0. The number of hydrogen-bond acceptors (Lipinski definition) is 4. The van der Waals surface area contributed by atoms with E-state index in [4.69, 9.17) is 5.73 Å². The van der Waals surface area contributed by atoms with Gasteiger partial charge in [0.15, 0.2) is 5.82 Å². The molecular formula is C20H28N4. The summed E-state index contributed by atoms with van der Waals surface area (Å²) in [6.45, 7) is 7.62. The van der Waals surface area contributed by atoms with Crippen molar-refractivity contribution in [1.82, 2.24) is 9.88 Å². The number of anilines is 2. The van der Waals surface area contributed by atoms with Gasteiger partial charge >= 0.3 is 0 Å². The molecule has 3 rings (SSSR count). The van der Waals surface area contributed by atoms with Gasteiger partial charge < -0.3 is 10.6 Å². The maximum Gasteiger partial charge on any atom is 0.151 e. The third-order valence-electron chi connectivity index (χ3n) is 5.08. The van der Waals surface area contributed by atoms with Crippen molar-refractivity contribution in [3.05, 3.63) is 54.2 Å². The fraction of sp³-hybridized carbons (Fsp3) is 0.450. The van der Waals surface area contributed by atoms with Crippen molar-refractivity contribution < 1.29 is 0 Å². The Kier molecular flexibility index (Phi) is 5.36. The van der Waals surface area contributed by atoms with Crippen molar-refractivity contribution in [2.75, 3.05) is 23.7 Å². The average molecular weight is 324 g/mol. The fourth-order valence-corrected chi connectivity index (χ4v) is 3.76. The van der Waals surface area contributed by atoms with Crippen molar-refractivity contribution in [2.45, 2.75) is 45.3 Å². The van der Waals surface area contributed by atoms with Crippen molar-refractivity contribution in [3.63, 3.8) is 0 Å². The van der Waals surface area contributed by atoms with E-state index in [1.807, 2.05) is 18.3 Å². The quantitative estimate of drug-likeness (QED) is 0.914. The highest BCUT2D eigenvalue weighted by Crippen LogP contribution is 2.29. The van der Waals surface area contributed by atoms with Gasteiger partial charge in [0.05, 0.1) is 5.69 Å². The molecule has 0 spiro atoms. The van der Waals surface area contributed by atoms with Crippen LogP contribution in [0.15, 0.2) is 48.7 Å². The molecule has 2 atom stereocenters. The second-order valence-corrected chi connectivity index (χ2v) is 6.69. The van der Waals surface area contributed by atoms with E-state index < -0.39 is 0 Å². The van der Waals surface area contributed by atoms with Gasteiger partial charge in [0.1, 0.15) is 0 Å². The van der Waals surface area contributed by atoms with Gasteiger partial charge in [-0.1, -0.05) is 30.3 Å². The number of rotatable bonds is 5. The number of nitrogens with zero attached hydrogens (tertiary/aromatic N) is 3. The molecule has 0 amide bonds. The van der Waals surface area contributed by atoms with Gasteiger partial charge in [-0.05, 0) is 44.4 Å². The molecule has 1 saturated heterocycles. The van der Waals surface area contributed by atoms with Crippen LogP contribution in [0.4, 0.5) is 11.5 Å². The van der Waals surface area contributed by atoms with Crippen molar-refractivity contribution in [2.24, 2.45) is 0 Å². The molecule has 2 heterocycles. The van der Waals surface area contributed by atoms with E-state index in [2.05, 4.69) is 59.0 Å². The van der Waals surface area contributed by atoms with Gasteiger partial charge in [-0.15, -0.1) is 0 Å². The highest BCUT2D eigenvalue weighted by Gasteiger charge is 2.29. The van der Waals surface area contributed by atoms with Gasteiger partial charge in [0.2, 0.25) is 0 Å². The lowest BCUT2D eigenvalue weighted by molar-refractivity contribution is 0.137. The predicted molar refractivity (Wildman–Crippen MR) is 101 cm³/mol. The maximum absolute atomic E-state index is 6.15. The Hall–Kier alpha value is -2.07. The van der Waals surface area contributed by atoms with Crippen LogP contribution in [0, 0.1) is 0 Å². The molecule has 0 bridgehead atoms.